The predicted octanol–water partition coefficient (Wildman–Crippen LogP) is 2.37. The molecule has 1 N–H and O–H groups in total. The summed E-state index contributed by atoms with van der Waals surface area (Å²) in [6.45, 7) is 4.27. The maximum Gasteiger partial charge on any atom is 0.0700 e. The minimum atomic E-state index is 0.405. The average Bonchev–Trinajstić information content (AvgIpc) is 2.70. The Hall–Kier alpha value is -0.420. The first kappa shape index (κ1) is 13.6. The maximum atomic E-state index is 5.48. The van der Waals surface area contributed by atoms with Crippen molar-refractivity contribution in [2.75, 3.05) is 34.0 Å². The molecule has 0 saturated carbocycles. The fraction of sp³-hybridized carbons (Fsp3) is 0.667. The van der Waals surface area contributed by atoms with Crippen molar-refractivity contribution >= 4 is 11.3 Å². The lowest BCUT2D eigenvalue weighted by Gasteiger charge is -2.15. The molecule has 0 spiro atoms. The van der Waals surface area contributed by atoms with Crippen LogP contribution in [0.3, 0.4) is 0 Å². The summed E-state index contributed by atoms with van der Waals surface area (Å²) in [5.41, 5.74) is 1.36. The summed E-state index contributed by atoms with van der Waals surface area (Å²) < 4.78 is 10.4. The molecule has 1 aromatic heterocycles. The molecule has 4 heteroatoms. The van der Waals surface area contributed by atoms with Gasteiger partial charge in [-0.2, -0.15) is 0 Å². The Kier molecular flexibility index (Phi) is 6.64. The van der Waals surface area contributed by atoms with Crippen LogP contribution in [-0.4, -0.2) is 34.0 Å². The Morgan fingerprint density at radius 1 is 1.38 bits per heavy atom. The van der Waals surface area contributed by atoms with Gasteiger partial charge in [-0.1, -0.05) is 0 Å². The molecule has 1 unspecified atom stereocenters. The highest BCUT2D eigenvalue weighted by Gasteiger charge is 2.12. The largest absolute Gasteiger partial charge is 0.382 e. The molecular weight excluding hydrogens is 222 g/mol. The van der Waals surface area contributed by atoms with E-state index in [-0.39, 0.29) is 0 Å². The number of thiophene rings is 1. The molecule has 3 nitrogen and oxygen atoms in total. The molecule has 16 heavy (non-hydrogen) atoms. The van der Waals surface area contributed by atoms with E-state index in [1.54, 1.807) is 7.11 Å². The van der Waals surface area contributed by atoms with Crippen LogP contribution in [0.1, 0.15) is 22.9 Å². The van der Waals surface area contributed by atoms with E-state index in [0.29, 0.717) is 19.3 Å². The Morgan fingerprint density at radius 2 is 2.19 bits per heavy atom. The van der Waals surface area contributed by atoms with Crippen molar-refractivity contribution in [3.8, 4) is 0 Å². The van der Waals surface area contributed by atoms with Gasteiger partial charge in [-0.15, -0.1) is 11.3 Å². The molecule has 0 fully saturated rings. The third kappa shape index (κ3) is 4.22. The van der Waals surface area contributed by atoms with Crippen LogP contribution in [0, 0.1) is 6.92 Å². The van der Waals surface area contributed by atoms with Crippen LogP contribution in [0.25, 0.3) is 0 Å². The van der Waals surface area contributed by atoms with Gasteiger partial charge in [0.15, 0.2) is 0 Å². The van der Waals surface area contributed by atoms with E-state index in [1.807, 2.05) is 18.4 Å². The highest BCUT2D eigenvalue weighted by Crippen LogP contribution is 2.25. The van der Waals surface area contributed by atoms with Crippen LogP contribution < -0.4 is 5.32 Å². The van der Waals surface area contributed by atoms with Gasteiger partial charge in [-0.3, -0.25) is 0 Å². The smallest absolute Gasteiger partial charge is 0.0700 e. The van der Waals surface area contributed by atoms with Crippen molar-refractivity contribution in [3.63, 3.8) is 0 Å². The van der Waals surface area contributed by atoms with E-state index in [9.17, 15) is 0 Å². The summed E-state index contributed by atoms with van der Waals surface area (Å²) in [5.74, 6) is 0. The Labute approximate surface area is 102 Å². The second kappa shape index (κ2) is 7.79. The SMILES string of the molecule is CNC(CCOCCOC)c1sccc1C. The lowest BCUT2D eigenvalue weighted by atomic mass is 10.1. The van der Waals surface area contributed by atoms with E-state index in [1.165, 1.54) is 10.4 Å². The molecule has 1 rings (SSSR count). The summed E-state index contributed by atoms with van der Waals surface area (Å²) in [7, 11) is 3.69. The van der Waals surface area contributed by atoms with Crippen LogP contribution in [-0.2, 0) is 9.47 Å². The quantitative estimate of drug-likeness (QED) is 0.711. The van der Waals surface area contributed by atoms with Gasteiger partial charge >= 0.3 is 0 Å². The first-order chi connectivity index (χ1) is 7.79. The first-order valence-corrected chi connectivity index (χ1v) is 6.45. The zero-order chi connectivity index (χ0) is 11.8. The zero-order valence-corrected chi connectivity index (χ0v) is 11.1. The number of hydrogen-bond acceptors (Lipinski definition) is 4. The third-order valence-electron chi connectivity index (χ3n) is 2.55. The van der Waals surface area contributed by atoms with Gasteiger partial charge in [0, 0.05) is 24.6 Å². The van der Waals surface area contributed by atoms with Crippen molar-refractivity contribution in [2.45, 2.75) is 19.4 Å². The number of hydrogen-bond donors (Lipinski definition) is 1. The monoisotopic (exact) mass is 243 g/mol. The molecule has 0 amide bonds. The Morgan fingerprint density at radius 3 is 2.75 bits per heavy atom. The van der Waals surface area contributed by atoms with E-state index in [4.69, 9.17) is 9.47 Å². The number of ether oxygens (including phenoxy) is 2. The Bertz CT molecular complexity index is 288. The van der Waals surface area contributed by atoms with E-state index >= 15 is 0 Å². The number of aryl methyl sites for hydroxylation is 1. The van der Waals surface area contributed by atoms with Gasteiger partial charge in [0.1, 0.15) is 0 Å². The van der Waals surface area contributed by atoms with Crippen LogP contribution in [0.2, 0.25) is 0 Å². The second-order valence-electron chi connectivity index (χ2n) is 3.70. The Balaban J connectivity index is 2.30. The molecule has 0 bridgehead atoms. The normalized spacial score (nSPS) is 12.9. The van der Waals surface area contributed by atoms with Crippen LogP contribution >= 0.6 is 11.3 Å². The van der Waals surface area contributed by atoms with Gasteiger partial charge in [0.05, 0.1) is 13.2 Å². The van der Waals surface area contributed by atoms with Crippen molar-refractivity contribution in [2.24, 2.45) is 0 Å². The molecule has 0 aliphatic rings. The highest BCUT2D eigenvalue weighted by molar-refractivity contribution is 7.10. The first-order valence-electron chi connectivity index (χ1n) is 5.57. The predicted molar refractivity (Wildman–Crippen MR) is 68.2 cm³/mol. The summed E-state index contributed by atoms with van der Waals surface area (Å²) in [6.07, 6.45) is 1.00. The lowest BCUT2D eigenvalue weighted by molar-refractivity contribution is 0.0662. The molecule has 92 valence electrons. The fourth-order valence-electron chi connectivity index (χ4n) is 1.59. The molecule has 1 aromatic rings. The molecule has 1 atom stereocenters. The third-order valence-corrected chi connectivity index (χ3v) is 3.68. The van der Waals surface area contributed by atoms with Gasteiger partial charge in [0.25, 0.3) is 0 Å². The minimum absolute atomic E-state index is 0.405. The van der Waals surface area contributed by atoms with Crippen LogP contribution in [0.5, 0.6) is 0 Å². The standard InChI is InChI=1S/C12H21NO2S/c1-10-5-9-16-12(10)11(13-2)4-6-15-8-7-14-3/h5,9,11,13H,4,6-8H2,1-3H3. The van der Waals surface area contributed by atoms with Crippen molar-refractivity contribution in [1.29, 1.82) is 0 Å². The van der Waals surface area contributed by atoms with E-state index < -0.39 is 0 Å². The molecule has 0 aliphatic heterocycles. The molecule has 0 aliphatic carbocycles. The zero-order valence-electron chi connectivity index (χ0n) is 10.3. The van der Waals surface area contributed by atoms with Gasteiger partial charge in [0.2, 0.25) is 0 Å². The molecule has 1 heterocycles. The highest BCUT2D eigenvalue weighted by atomic mass is 32.1. The van der Waals surface area contributed by atoms with Crippen molar-refractivity contribution in [1.82, 2.24) is 5.32 Å². The van der Waals surface area contributed by atoms with Gasteiger partial charge in [-0.25, -0.2) is 0 Å². The summed E-state index contributed by atoms with van der Waals surface area (Å²) in [4.78, 5) is 1.41. The summed E-state index contributed by atoms with van der Waals surface area (Å²) >= 11 is 1.81. The molecule has 0 aromatic carbocycles. The average molecular weight is 243 g/mol. The number of nitrogens with one attached hydrogen (secondary N) is 1. The van der Waals surface area contributed by atoms with Crippen molar-refractivity contribution < 1.29 is 9.47 Å². The number of methoxy groups -OCH3 is 1. The maximum absolute atomic E-state index is 5.48. The molecule has 0 saturated heterocycles. The summed E-state index contributed by atoms with van der Waals surface area (Å²) in [5, 5.41) is 5.48. The van der Waals surface area contributed by atoms with E-state index in [0.717, 1.165) is 13.0 Å². The minimum Gasteiger partial charge on any atom is -0.382 e. The molecular formula is C12H21NO2S. The van der Waals surface area contributed by atoms with Crippen LogP contribution in [0.4, 0.5) is 0 Å². The topological polar surface area (TPSA) is 30.5 Å². The van der Waals surface area contributed by atoms with Gasteiger partial charge in [-0.05, 0) is 37.4 Å². The number of rotatable bonds is 8. The molecule has 0 radical (unpaired) electrons. The summed E-state index contributed by atoms with van der Waals surface area (Å²) in [6, 6.07) is 2.57. The van der Waals surface area contributed by atoms with Crippen molar-refractivity contribution in [3.05, 3.63) is 21.9 Å². The van der Waals surface area contributed by atoms with E-state index in [2.05, 4.69) is 23.7 Å². The van der Waals surface area contributed by atoms with Gasteiger partial charge < -0.3 is 14.8 Å². The second-order valence-corrected chi connectivity index (χ2v) is 4.65. The fourth-order valence-corrected chi connectivity index (χ4v) is 2.67. The van der Waals surface area contributed by atoms with Crippen LogP contribution in [0.15, 0.2) is 11.4 Å². The lowest BCUT2D eigenvalue weighted by Crippen LogP contribution is -2.18.